The Morgan fingerprint density at radius 2 is 2.07 bits per heavy atom. The van der Waals surface area contributed by atoms with Gasteiger partial charge in [0.15, 0.2) is 0 Å². The van der Waals surface area contributed by atoms with Crippen LogP contribution in [0.1, 0.15) is 38.5 Å². The van der Waals surface area contributed by atoms with E-state index in [9.17, 15) is 5.11 Å². The van der Waals surface area contributed by atoms with E-state index >= 15 is 0 Å². The molecule has 2 heteroatoms. The molecule has 3 rings (SSSR count). The Morgan fingerprint density at radius 1 is 1.14 bits per heavy atom. The van der Waals surface area contributed by atoms with Crippen molar-refractivity contribution in [3.8, 4) is 0 Å². The van der Waals surface area contributed by atoms with Crippen molar-refractivity contribution < 1.29 is 5.11 Å². The Morgan fingerprint density at radius 3 is 2.64 bits per heavy atom. The second-order valence-electron chi connectivity index (χ2n) is 5.53. The Hall–Kier alpha value is -0.0800. The Bertz CT molecular complexity index is 212. The highest BCUT2D eigenvalue weighted by atomic mass is 16.3. The van der Waals surface area contributed by atoms with Crippen molar-refractivity contribution >= 4 is 0 Å². The summed E-state index contributed by atoms with van der Waals surface area (Å²) in [6, 6.07) is 0.416. The number of nitrogens with one attached hydrogen (secondary N) is 1. The number of fused-ring (bicyclic) bond motifs is 2. The predicted octanol–water partition coefficient (Wildman–Crippen LogP) is 1.54. The van der Waals surface area contributed by atoms with Crippen LogP contribution in [0.4, 0.5) is 0 Å². The quantitative estimate of drug-likeness (QED) is 0.700. The van der Waals surface area contributed by atoms with Crippen LogP contribution in [-0.4, -0.2) is 23.8 Å². The summed E-state index contributed by atoms with van der Waals surface area (Å²) >= 11 is 0. The number of aliphatic hydroxyl groups is 1. The molecule has 3 aliphatic rings. The lowest BCUT2D eigenvalue weighted by Gasteiger charge is -2.30. The molecular formula is C12H21NO. The normalized spacial score (nSPS) is 48.6. The number of rotatable bonds is 2. The third kappa shape index (κ3) is 1.40. The fourth-order valence-corrected chi connectivity index (χ4v) is 4.01. The van der Waals surface area contributed by atoms with Gasteiger partial charge in [-0.25, -0.2) is 0 Å². The number of hydrogen-bond donors (Lipinski definition) is 2. The van der Waals surface area contributed by atoms with Gasteiger partial charge in [0.1, 0.15) is 0 Å². The molecule has 0 aromatic rings. The minimum atomic E-state index is -0.0483. The molecule has 4 unspecified atom stereocenters. The van der Waals surface area contributed by atoms with E-state index in [1.165, 1.54) is 38.5 Å². The molecule has 1 saturated heterocycles. The minimum Gasteiger partial charge on any atom is -0.391 e. The monoisotopic (exact) mass is 195 g/mol. The van der Waals surface area contributed by atoms with Gasteiger partial charge >= 0.3 is 0 Å². The van der Waals surface area contributed by atoms with Gasteiger partial charge < -0.3 is 10.4 Å². The summed E-state index contributed by atoms with van der Waals surface area (Å²) in [5, 5.41) is 13.8. The zero-order valence-corrected chi connectivity index (χ0v) is 8.78. The highest BCUT2D eigenvalue weighted by Crippen LogP contribution is 2.50. The van der Waals surface area contributed by atoms with Gasteiger partial charge in [-0.2, -0.15) is 0 Å². The molecule has 1 heterocycles. The van der Waals surface area contributed by atoms with Gasteiger partial charge in [-0.15, -0.1) is 0 Å². The maximum absolute atomic E-state index is 10.3. The Balaban J connectivity index is 1.64. The van der Waals surface area contributed by atoms with Crippen molar-refractivity contribution in [3.05, 3.63) is 0 Å². The lowest BCUT2D eigenvalue weighted by atomic mass is 9.82. The molecule has 3 fully saturated rings. The van der Waals surface area contributed by atoms with Crippen LogP contribution in [0, 0.1) is 17.8 Å². The van der Waals surface area contributed by atoms with Crippen LogP contribution in [0.25, 0.3) is 0 Å². The van der Waals surface area contributed by atoms with Crippen molar-refractivity contribution in [2.45, 2.75) is 50.7 Å². The average Bonchev–Trinajstić information content (AvgIpc) is 2.93. The third-order valence-corrected chi connectivity index (χ3v) is 4.74. The molecule has 2 saturated carbocycles. The Kier molecular flexibility index (Phi) is 2.29. The van der Waals surface area contributed by atoms with Gasteiger partial charge in [-0.3, -0.25) is 0 Å². The maximum atomic E-state index is 10.3. The lowest BCUT2D eigenvalue weighted by molar-refractivity contribution is 0.0472. The van der Waals surface area contributed by atoms with Gasteiger partial charge in [0.25, 0.3) is 0 Å². The zero-order valence-electron chi connectivity index (χ0n) is 8.78. The summed E-state index contributed by atoms with van der Waals surface area (Å²) in [5.74, 6) is 2.45. The maximum Gasteiger partial charge on any atom is 0.0724 e. The van der Waals surface area contributed by atoms with Crippen LogP contribution in [-0.2, 0) is 0 Å². The molecule has 80 valence electrons. The van der Waals surface area contributed by atoms with Gasteiger partial charge in [-0.05, 0) is 56.4 Å². The minimum absolute atomic E-state index is 0.0483. The first-order chi connectivity index (χ1) is 6.84. The van der Waals surface area contributed by atoms with Crippen LogP contribution in [0.3, 0.4) is 0 Å². The van der Waals surface area contributed by atoms with Gasteiger partial charge in [0.2, 0.25) is 0 Å². The molecule has 5 atom stereocenters. The molecule has 0 radical (unpaired) electrons. The van der Waals surface area contributed by atoms with Crippen LogP contribution in [0.15, 0.2) is 0 Å². The van der Waals surface area contributed by atoms with E-state index in [0.29, 0.717) is 12.0 Å². The highest BCUT2D eigenvalue weighted by molar-refractivity contribution is 4.97. The van der Waals surface area contributed by atoms with E-state index in [1.54, 1.807) is 0 Å². The van der Waals surface area contributed by atoms with E-state index in [1.807, 2.05) is 0 Å². The smallest absolute Gasteiger partial charge is 0.0724 e. The second kappa shape index (κ2) is 3.49. The molecule has 2 N–H and O–H groups in total. The summed E-state index contributed by atoms with van der Waals surface area (Å²) in [5.41, 5.74) is 0. The van der Waals surface area contributed by atoms with Crippen molar-refractivity contribution in [3.63, 3.8) is 0 Å². The van der Waals surface area contributed by atoms with Crippen molar-refractivity contribution in [2.75, 3.05) is 6.54 Å². The molecule has 0 amide bonds. The summed E-state index contributed by atoms with van der Waals surface area (Å²) in [6.45, 7) is 1.11. The highest BCUT2D eigenvalue weighted by Gasteiger charge is 2.44. The first-order valence-electron chi connectivity index (χ1n) is 6.26. The molecule has 2 nitrogen and oxygen atoms in total. The zero-order chi connectivity index (χ0) is 9.54. The summed E-state index contributed by atoms with van der Waals surface area (Å²) in [4.78, 5) is 0. The molecule has 2 bridgehead atoms. The van der Waals surface area contributed by atoms with E-state index in [-0.39, 0.29) is 6.10 Å². The predicted molar refractivity (Wildman–Crippen MR) is 56.0 cm³/mol. The van der Waals surface area contributed by atoms with Crippen LogP contribution >= 0.6 is 0 Å². The molecule has 1 aliphatic heterocycles. The van der Waals surface area contributed by atoms with E-state index in [0.717, 1.165) is 18.4 Å². The molecule has 0 aromatic carbocycles. The van der Waals surface area contributed by atoms with Crippen LogP contribution in [0.2, 0.25) is 0 Å². The van der Waals surface area contributed by atoms with Crippen LogP contribution in [0.5, 0.6) is 0 Å². The summed E-state index contributed by atoms with van der Waals surface area (Å²) in [7, 11) is 0. The number of hydrogen-bond acceptors (Lipinski definition) is 2. The summed E-state index contributed by atoms with van der Waals surface area (Å²) in [6.07, 6.45) is 7.94. The largest absolute Gasteiger partial charge is 0.391 e. The molecule has 0 spiro atoms. The van der Waals surface area contributed by atoms with Crippen molar-refractivity contribution in [1.29, 1.82) is 0 Å². The van der Waals surface area contributed by atoms with E-state index < -0.39 is 0 Å². The third-order valence-electron chi connectivity index (χ3n) is 4.74. The first-order valence-corrected chi connectivity index (χ1v) is 6.26. The topological polar surface area (TPSA) is 32.3 Å². The van der Waals surface area contributed by atoms with Gasteiger partial charge in [0.05, 0.1) is 6.10 Å². The Labute approximate surface area is 86.1 Å². The van der Waals surface area contributed by atoms with Crippen molar-refractivity contribution in [2.24, 2.45) is 17.8 Å². The second-order valence-corrected chi connectivity index (χ2v) is 5.53. The van der Waals surface area contributed by atoms with Gasteiger partial charge in [-0.1, -0.05) is 6.42 Å². The molecule has 0 aromatic heterocycles. The van der Waals surface area contributed by atoms with Crippen LogP contribution < -0.4 is 5.32 Å². The van der Waals surface area contributed by atoms with Crippen molar-refractivity contribution in [1.82, 2.24) is 5.32 Å². The standard InChI is InChI=1S/C12H21NO/c14-12(11-2-1-5-13-11)10-7-8-3-4-9(10)6-8/h8-14H,1-7H2/t8?,9?,10?,11-,12?/m1/s1. The SMILES string of the molecule is OC(C1CC2CCC1C2)[C@H]1CCCN1. The van der Waals surface area contributed by atoms with Gasteiger partial charge in [0, 0.05) is 6.04 Å². The fraction of sp³-hybridized carbons (Fsp3) is 1.00. The summed E-state index contributed by atoms with van der Waals surface area (Å²) < 4.78 is 0. The molecular weight excluding hydrogens is 174 g/mol. The molecule has 2 aliphatic carbocycles. The molecule has 14 heavy (non-hydrogen) atoms. The first kappa shape index (κ1) is 9.17. The lowest BCUT2D eigenvalue weighted by Crippen LogP contribution is -2.41. The average molecular weight is 195 g/mol. The van der Waals surface area contributed by atoms with E-state index in [2.05, 4.69) is 5.32 Å². The number of aliphatic hydroxyl groups excluding tert-OH is 1. The van der Waals surface area contributed by atoms with E-state index in [4.69, 9.17) is 0 Å². The fourth-order valence-electron chi connectivity index (χ4n) is 4.01.